The van der Waals surface area contributed by atoms with Gasteiger partial charge in [-0.15, -0.1) is 24.5 Å². The zero-order valence-electron chi connectivity index (χ0n) is 20.3. The molecule has 10 heteroatoms. The third-order valence-electron chi connectivity index (χ3n) is 6.49. The molecule has 0 bridgehead atoms. The Morgan fingerprint density at radius 3 is 2.49 bits per heavy atom. The fraction of sp³-hybridized carbons (Fsp3) is 0.172. The zero-order valence-corrected chi connectivity index (χ0v) is 21.1. The summed E-state index contributed by atoms with van der Waals surface area (Å²) in [6.07, 6.45) is 1.27. The van der Waals surface area contributed by atoms with Gasteiger partial charge in [0.1, 0.15) is 11.8 Å². The number of hydrogen-bond donors (Lipinski definition) is 1. The van der Waals surface area contributed by atoms with Crippen LogP contribution in [0, 0.1) is 17.2 Å². The van der Waals surface area contributed by atoms with Gasteiger partial charge in [-0.05, 0) is 64.8 Å². The van der Waals surface area contributed by atoms with Crippen LogP contribution in [0.5, 0.6) is 5.75 Å². The normalized spacial score (nSPS) is 14.6. The molecule has 196 valence electrons. The van der Waals surface area contributed by atoms with Crippen molar-refractivity contribution < 1.29 is 27.8 Å². The van der Waals surface area contributed by atoms with Crippen molar-refractivity contribution in [3.63, 3.8) is 0 Å². The van der Waals surface area contributed by atoms with Gasteiger partial charge in [-0.3, -0.25) is 4.98 Å². The highest BCUT2D eigenvalue weighted by molar-refractivity contribution is 7.16. The van der Waals surface area contributed by atoms with Crippen molar-refractivity contribution in [1.29, 1.82) is 5.26 Å². The van der Waals surface area contributed by atoms with E-state index in [1.54, 1.807) is 17.6 Å². The summed E-state index contributed by atoms with van der Waals surface area (Å²) < 4.78 is 43.6. The molecular formula is C29H20F3N3O3S. The molecule has 1 aliphatic carbocycles. The molecule has 0 aliphatic heterocycles. The summed E-state index contributed by atoms with van der Waals surface area (Å²) in [5.74, 6) is -1.58. The molecule has 0 spiro atoms. The van der Waals surface area contributed by atoms with Crippen molar-refractivity contribution in [2.75, 3.05) is 0 Å². The monoisotopic (exact) mass is 547 g/mol. The first-order valence-corrected chi connectivity index (χ1v) is 12.9. The Morgan fingerprint density at radius 2 is 1.85 bits per heavy atom. The average Bonchev–Trinajstić information content (AvgIpc) is 3.34. The second-order valence-corrected chi connectivity index (χ2v) is 9.86. The number of halogens is 3. The van der Waals surface area contributed by atoms with Crippen molar-refractivity contribution in [3.8, 4) is 11.8 Å². The molecule has 39 heavy (non-hydrogen) atoms. The smallest absolute Gasteiger partial charge is 0.478 e. The number of allylic oxidation sites excluding steroid dienone is 1. The quantitative estimate of drug-likeness (QED) is 0.244. The Morgan fingerprint density at radius 1 is 1.10 bits per heavy atom. The van der Waals surface area contributed by atoms with Gasteiger partial charge in [-0.25, -0.2) is 9.78 Å². The Kier molecular flexibility index (Phi) is 7.17. The molecular weight excluding hydrogens is 527 g/mol. The predicted molar refractivity (Wildman–Crippen MR) is 142 cm³/mol. The molecule has 1 saturated carbocycles. The molecule has 1 fully saturated rings. The van der Waals surface area contributed by atoms with Crippen LogP contribution < -0.4 is 4.74 Å². The number of rotatable bonds is 7. The van der Waals surface area contributed by atoms with Gasteiger partial charge in [-0.1, -0.05) is 36.8 Å². The fourth-order valence-electron chi connectivity index (χ4n) is 4.57. The number of carboxylic acids is 1. The van der Waals surface area contributed by atoms with Crippen LogP contribution in [0.4, 0.5) is 13.2 Å². The summed E-state index contributed by atoms with van der Waals surface area (Å²) in [7, 11) is 0. The number of carbonyl (C=O) groups is 1. The van der Waals surface area contributed by atoms with E-state index in [0.717, 1.165) is 70.1 Å². The van der Waals surface area contributed by atoms with Crippen LogP contribution in [0.2, 0.25) is 0 Å². The van der Waals surface area contributed by atoms with Crippen molar-refractivity contribution in [1.82, 2.24) is 9.97 Å². The van der Waals surface area contributed by atoms with Crippen LogP contribution in [0.25, 0.3) is 27.4 Å². The predicted octanol–water partition coefficient (Wildman–Crippen LogP) is 7.32. The molecule has 1 aliphatic rings. The third kappa shape index (κ3) is 5.84. The van der Waals surface area contributed by atoms with Crippen molar-refractivity contribution in [3.05, 3.63) is 94.3 Å². The SMILES string of the molecule is N#Cc1cc(OC(F)(F)F)cnc1C(=C(c1ccc(C=CC(=O)O)cc1)c1ccc2scnc2c1)C1CCC1. The van der Waals surface area contributed by atoms with E-state index < -0.39 is 18.1 Å². The minimum atomic E-state index is -4.91. The van der Waals surface area contributed by atoms with E-state index in [-0.39, 0.29) is 11.5 Å². The topological polar surface area (TPSA) is 96.1 Å². The molecule has 4 aromatic rings. The van der Waals surface area contributed by atoms with Crippen molar-refractivity contribution in [2.45, 2.75) is 25.6 Å². The summed E-state index contributed by atoms with van der Waals surface area (Å²) in [6, 6.07) is 16.2. The highest BCUT2D eigenvalue weighted by atomic mass is 32.1. The van der Waals surface area contributed by atoms with E-state index in [1.807, 2.05) is 36.4 Å². The van der Waals surface area contributed by atoms with Gasteiger partial charge in [0.25, 0.3) is 0 Å². The number of pyridine rings is 1. The Bertz CT molecular complexity index is 1650. The largest absolute Gasteiger partial charge is 0.573 e. The maximum atomic E-state index is 12.8. The molecule has 2 aromatic carbocycles. The first-order valence-electron chi connectivity index (χ1n) is 12.0. The van der Waals surface area contributed by atoms with Gasteiger partial charge in [0.2, 0.25) is 0 Å². The number of hydrogen-bond acceptors (Lipinski definition) is 6. The van der Waals surface area contributed by atoms with Gasteiger partial charge in [-0.2, -0.15) is 5.26 Å². The number of alkyl halides is 3. The number of benzene rings is 2. The summed E-state index contributed by atoms with van der Waals surface area (Å²) in [5.41, 5.74) is 6.69. The van der Waals surface area contributed by atoms with E-state index in [4.69, 9.17) is 5.11 Å². The Hall–Kier alpha value is -4.49. The Labute approximate surface area is 225 Å². The number of nitrogens with zero attached hydrogens (tertiary/aromatic N) is 3. The minimum Gasteiger partial charge on any atom is -0.478 e. The van der Waals surface area contributed by atoms with Gasteiger partial charge in [0, 0.05) is 12.1 Å². The zero-order chi connectivity index (χ0) is 27.6. The van der Waals surface area contributed by atoms with Crippen molar-refractivity contribution in [2.24, 2.45) is 5.92 Å². The number of fused-ring (bicyclic) bond motifs is 1. The number of aromatic nitrogens is 2. The first-order chi connectivity index (χ1) is 18.7. The van der Waals surface area contributed by atoms with E-state index in [2.05, 4.69) is 14.7 Å². The molecule has 0 saturated heterocycles. The summed E-state index contributed by atoms with van der Waals surface area (Å²) in [5, 5.41) is 18.9. The number of carboxylic acid groups (broad SMARTS) is 1. The second kappa shape index (κ2) is 10.7. The molecule has 0 atom stereocenters. The van der Waals surface area contributed by atoms with Crippen LogP contribution in [0.3, 0.4) is 0 Å². The molecule has 0 amide bonds. The van der Waals surface area contributed by atoms with Gasteiger partial charge >= 0.3 is 12.3 Å². The average molecular weight is 548 g/mol. The molecule has 0 unspecified atom stereocenters. The van der Waals surface area contributed by atoms with Gasteiger partial charge in [0.15, 0.2) is 0 Å². The van der Waals surface area contributed by atoms with Crippen LogP contribution >= 0.6 is 11.3 Å². The second-order valence-electron chi connectivity index (χ2n) is 8.97. The standard InChI is InChI=1S/C29H20F3N3O3S/c30-29(31,32)38-22-12-21(14-33)28(34-15-22)27(18-2-1-3-18)26(20-9-10-24-23(13-20)35-16-39-24)19-7-4-17(5-8-19)6-11-25(36)37/h4-13,15-16,18H,1-3H2,(H,36,37). The van der Waals surface area contributed by atoms with Crippen LogP contribution in [-0.4, -0.2) is 27.4 Å². The van der Waals surface area contributed by atoms with Gasteiger partial charge < -0.3 is 9.84 Å². The Balaban J connectivity index is 1.74. The fourth-order valence-corrected chi connectivity index (χ4v) is 5.23. The van der Waals surface area contributed by atoms with Crippen LogP contribution in [0.15, 0.2) is 66.3 Å². The lowest BCUT2D eigenvalue weighted by Crippen LogP contribution is -2.19. The van der Waals surface area contributed by atoms with Crippen LogP contribution in [-0.2, 0) is 4.79 Å². The maximum absolute atomic E-state index is 12.8. The summed E-state index contributed by atoms with van der Waals surface area (Å²) >= 11 is 1.51. The number of ether oxygens (including phenoxy) is 1. The molecule has 2 heterocycles. The molecule has 1 N–H and O–H groups in total. The van der Waals surface area contributed by atoms with E-state index in [0.29, 0.717) is 11.3 Å². The number of thiazole rings is 1. The summed E-state index contributed by atoms with van der Waals surface area (Å²) in [4.78, 5) is 19.7. The maximum Gasteiger partial charge on any atom is 0.573 e. The van der Waals surface area contributed by atoms with Crippen molar-refractivity contribution >= 4 is 44.7 Å². The van der Waals surface area contributed by atoms with E-state index in [9.17, 15) is 23.2 Å². The van der Waals surface area contributed by atoms with Crippen LogP contribution in [0.1, 0.15) is 47.2 Å². The lowest BCUT2D eigenvalue weighted by atomic mass is 9.73. The number of aliphatic carboxylic acids is 1. The highest BCUT2D eigenvalue weighted by Gasteiger charge is 2.33. The third-order valence-corrected chi connectivity index (χ3v) is 7.30. The van der Waals surface area contributed by atoms with E-state index >= 15 is 0 Å². The summed E-state index contributed by atoms with van der Waals surface area (Å²) in [6.45, 7) is 0. The highest BCUT2D eigenvalue weighted by Crippen LogP contribution is 2.46. The van der Waals surface area contributed by atoms with E-state index in [1.165, 1.54) is 17.4 Å². The van der Waals surface area contributed by atoms with Gasteiger partial charge in [0.05, 0.1) is 33.2 Å². The molecule has 5 rings (SSSR count). The molecule has 6 nitrogen and oxygen atoms in total. The lowest BCUT2D eigenvalue weighted by molar-refractivity contribution is -0.274. The molecule has 0 radical (unpaired) electrons. The lowest BCUT2D eigenvalue weighted by Gasteiger charge is -2.31. The molecule has 2 aromatic heterocycles. The minimum absolute atomic E-state index is 0.0214. The first kappa shape index (κ1) is 26.1. The number of nitriles is 1.